The summed E-state index contributed by atoms with van der Waals surface area (Å²) < 4.78 is 19.6. The number of aliphatic hydroxyl groups excluding tert-OH is 1. The number of benzene rings is 3. The molecular weight excluding hydrogens is 471 g/mol. The van der Waals surface area contributed by atoms with Crippen LogP contribution in [0.4, 0.5) is 4.39 Å². The highest BCUT2D eigenvalue weighted by Crippen LogP contribution is 2.40. The van der Waals surface area contributed by atoms with Gasteiger partial charge in [0, 0.05) is 12.1 Å². The monoisotopic (exact) mass is 502 g/mol. The smallest absolute Gasteiger partial charge is 0.295 e. The van der Waals surface area contributed by atoms with Gasteiger partial charge in [-0.25, -0.2) is 4.39 Å². The Morgan fingerprint density at radius 2 is 1.73 bits per heavy atom. The van der Waals surface area contributed by atoms with Crippen molar-refractivity contribution in [1.82, 2.24) is 9.80 Å². The average molecular weight is 503 g/mol. The molecule has 192 valence electrons. The molecule has 7 heteroatoms. The number of carbonyl (C=O) groups excluding carboxylic acids is 2. The lowest BCUT2D eigenvalue weighted by atomic mass is 9.94. The summed E-state index contributed by atoms with van der Waals surface area (Å²) in [5, 5.41) is 11.3. The molecule has 1 amide bonds. The van der Waals surface area contributed by atoms with E-state index < -0.39 is 23.5 Å². The Hall–Kier alpha value is -3.97. The van der Waals surface area contributed by atoms with Gasteiger partial charge in [-0.2, -0.15) is 0 Å². The van der Waals surface area contributed by atoms with Crippen LogP contribution in [-0.4, -0.2) is 53.8 Å². The molecule has 0 radical (unpaired) electrons. The number of carbonyl (C=O) groups is 2. The molecule has 1 heterocycles. The number of ether oxygens (including phenoxy) is 1. The van der Waals surface area contributed by atoms with Crippen molar-refractivity contribution in [2.75, 3.05) is 27.2 Å². The summed E-state index contributed by atoms with van der Waals surface area (Å²) >= 11 is 0. The predicted octanol–water partition coefficient (Wildman–Crippen LogP) is 5.09. The number of likely N-dealkylation sites (tertiary alicyclic amines) is 1. The minimum absolute atomic E-state index is 0.00110. The van der Waals surface area contributed by atoms with Crippen molar-refractivity contribution in [3.05, 3.63) is 106 Å². The quantitative estimate of drug-likeness (QED) is 0.251. The molecule has 3 aromatic carbocycles. The number of ketones is 1. The van der Waals surface area contributed by atoms with Crippen LogP contribution in [0.25, 0.3) is 5.76 Å². The fourth-order valence-corrected chi connectivity index (χ4v) is 4.51. The van der Waals surface area contributed by atoms with E-state index in [-0.39, 0.29) is 11.3 Å². The first-order chi connectivity index (χ1) is 17.8. The standard InChI is InChI=1S/C30H31FN2O4/c1-20-18-23(12-15-25(20)37-19-21-8-5-4-6-9-21)28(34)26-27(22-10-13-24(31)14-11-22)33(30(36)29(26)35)17-7-16-32(2)3/h4-6,8-15,18,27,34H,7,16-17,19H2,1-3H3/b28-26+/t27-/m1/s1. The molecule has 1 saturated heterocycles. The zero-order chi connectivity index (χ0) is 26.5. The van der Waals surface area contributed by atoms with E-state index in [4.69, 9.17) is 4.74 Å². The first-order valence-electron chi connectivity index (χ1n) is 12.2. The molecule has 1 aliphatic rings. The second-order valence-corrected chi connectivity index (χ2v) is 9.46. The molecule has 1 N–H and O–H groups in total. The maximum Gasteiger partial charge on any atom is 0.295 e. The molecule has 0 aromatic heterocycles. The fourth-order valence-electron chi connectivity index (χ4n) is 4.51. The van der Waals surface area contributed by atoms with Crippen molar-refractivity contribution in [3.63, 3.8) is 0 Å². The summed E-state index contributed by atoms with van der Waals surface area (Å²) in [4.78, 5) is 29.7. The normalized spacial score (nSPS) is 17.0. The lowest BCUT2D eigenvalue weighted by molar-refractivity contribution is -0.139. The van der Waals surface area contributed by atoms with Crippen LogP contribution in [0, 0.1) is 12.7 Å². The molecule has 1 atom stereocenters. The third-order valence-corrected chi connectivity index (χ3v) is 6.42. The summed E-state index contributed by atoms with van der Waals surface area (Å²) in [5.74, 6) is -1.46. The second-order valence-electron chi connectivity index (χ2n) is 9.46. The van der Waals surface area contributed by atoms with Gasteiger partial charge in [-0.3, -0.25) is 9.59 Å². The molecule has 4 rings (SSSR count). The van der Waals surface area contributed by atoms with Crippen molar-refractivity contribution in [1.29, 1.82) is 0 Å². The first kappa shape index (κ1) is 26.1. The third-order valence-electron chi connectivity index (χ3n) is 6.42. The Morgan fingerprint density at radius 3 is 2.38 bits per heavy atom. The minimum Gasteiger partial charge on any atom is -0.507 e. The van der Waals surface area contributed by atoms with Crippen LogP contribution in [0.15, 0.2) is 78.4 Å². The summed E-state index contributed by atoms with van der Waals surface area (Å²) in [7, 11) is 3.86. The van der Waals surface area contributed by atoms with Crippen LogP contribution < -0.4 is 4.74 Å². The van der Waals surface area contributed by atoms with Gasteiger partial charge < -0.3 is 19.6 Å². The molecule has 1 aliphatic heterocycles. The number of halogens is 1. The highest BCUT2D eigenvalue weighted by molar-refractivity contribution is 6.46. The van der Waals surface area contributed by atoms with Crippen molar-refractivity contribution < 1.29 is 23.8 Å². The lowest BCUT2D eigenvalue weighted by Crippen LogP contribution is -2.32. The van der Waals surface area contributed by atoms with Gasteiger partial charge in [-0.15, -0.1) is 0 Å². The van der Waals surface area contributed by atoms with E-state index in [2.05, 4.69) is 0 Å². The van der Waals surface area contributed by atoms with Gasteiger partial charge in [0.25, 0.3) is 11.7 Å². The lowest BCUT2D eigenvalue weighted by Gasteiger charge is -2.26. The van der Waals surface area contributed by atoms with E-state index in [0.29, 0.717) is 36.4 Å². The number of hydrogen-bond donors (Lipinski definition) is 1. The van der Waals surface area contributed by atoms with Crippen LogP contribution >= 0.6 is 0 Å². The van der Waals surface area contributed by atoms with E-state index in [0.717, 1.165) is 17.7 Å². The first-order valence-corrected chi connectivity index (χ1v) is 12.2. The second kappa shape index (κ2) is 11.4. The van der Waals surface area contributed by atoms with E-state index >= 15 is 0 Å². The Labute approximate surface area is 216 Å². The zero-order valence-electron chi connectivity index (χ0n) is 21.3. The van der Waals surface area contributed by atoms with E-state index in [1.807, 2.05) is 56.3 Å². The van der Waals surface area contributed by atoms with E-state index in [9.17, 15) is 19.1 Å². The van der Waals surface area contributed by atoms with Gasteiger partial charge in [0.1, 0.15) is 23.9 Å². The van der Waals surface area contributed by atoms with Crippen LogP contribution in [0.2, 0.25) is 0 Å². The molecule has 6 nitrogen and oxygen atoms in total. The molecule has 0 aliphatic carbocycles. The Kier molecular flexibility index (Phi) is 8.04. The van der Waals surface area contributed by atoms with Crippen LogP contribution in [0.1, 0.15) is 34.7 Å². The molecular formula is C30H31FN2O4. The van der Waals surface area contributed by atoms with E-state index in [1.54, 1.807) is 30.3 Å². The molecule has 0 bridgehead atoms. The van der Waals surface area contributed by atoms with Crippen molar-refractivity contribution in [3.8, 4) is 5.75 Å². The number of Topliss-reactive ketones (excluding diaryl/α,β-unsaturated/α-hetero) is 1. The number of amides is 1. The molecule has 1 fully saturated rings. The van der Waals surface area contributed by atoms with Crippen molar-refractivity contribution in [2.45, 2.75) is 26.0 Å². The summed E-state index contributed by atoms with van der Waals surface area (Å²) in [6.07, 6.45) is 0.643. The van der Waals surface area contributed by atoms with E-state index in [1.165, 1.54) is 17.0 Å². The Bertz CT molecular complexity index is 1300. The number of nitrogens with zero attached hydrogens (tertiary/aromatic N) is 2. The van der Waals surface area contributed by atoms with Crippen molar-refractivity contribution in [2.24, 2.45) is 0 Å². The highest BCUT2D eigenvalue weighted by atomic mass is 19.1. The van der Waals surface area contributed by atoms with Gasteiger partial charge in [0.2, 0.25) is 0 Å². The number of aryl methyl sites for hydroxylation is 1. The SMILES string of the molecule is Cc1cc(/C(O)=C2\C(=O)C(=O)N(CCCN(C)C)[C@@H]2c2ccc(F)cc2)ccc1OCc1ccccc1. The highest BCUT2D eigenvalue weighted by Gasteiger charge is 2.45. The maximum atomic E-state index is 13.7. The topological polar surface area (TPSA) is 70.1 Å². The van der Waals surface area contributed by atoms with Crippen molar-refractivity contribution >= 4 is 17.4 Å². The summed E-state index contributed by atoms with van der Waals surface area (Å²) in [6.45, 7) is 3.31. The third kappa shape index (κ3) is 5.89. The van der Waals surface area contributed by atoms with Gasteiger partial charge in [-0.1, -0.05) is 42.5 Å². The molecule has 0 saturated carbocycles. The molecule has 3 aromatic rings. The summed E-state index contributed by atoms with van der Waals surface area (Å²) in [5.41, 5.74) is 2.77. The number of aliphatic hydroxyl groups is 1. The maximum absolute atomic E-state index is 13.7. The molecule has 0 spiro atoms. The fraction of sp³-hybridized carbons (Fsp3) is 0.267. The zero-order valence-corrected chi connectivity index (χ0v) is 21.3. The van der Waals surface area contributed by atoms with Crippen LogP contribution in [0.5, 0.6) is 5.75 Å². The van der Waals surface area contributed by atoms with Gasteiger partial charge in [0.15, 0.2) is 0 Å². The Morgan fingerprint density at radius 1 is 1.03 bits per heavy atom. The Balaban J connectivity index is 1.67. The molecule has 0 unspecified atom stereocenters. The van der Waals surface area contributed by atoms with Gasteiger partial charge in [0.05, 0.1) is 11.6 Å². The largest absolute Gasteiger partial charge is 0.507 e. The minimum atomic E-state index is -0.808. The number of hydrogen-bond acceptors (Lipinski definition) is 5. The number of rotatable bonds is 9. The average Bonchev–Trinajstić information content (AvgIpc) is 3.13. The van der Waals surface area contributed by atoms with Crippen LogP contribution in [-0.2, 0) is 16.2 Å². The van der Waals surface area contributed by atoms with Crippen LogP contribution in [0.3, 0.4) is 0 Å². The predicted molar refractivity (Wildman–Crippen MR) is 141 cm³/mol. The van der Waals surface area contributed by atoms with Gasteiger partial charge in [-0.05, 0) is 81.0 Å². The summed E-state index contributed by atoms with van der Waals surface area (Å²) in [6, 6.07) is 19.8. The molecule has 37 heavy (non-hydrogen) atoms. The van der Waals surface area contributed by atoms with Gasteiger partial charge >= 0.3 is 0 Å².